The Hall–Kier alpha value is -2.39. The summed E-state index contributed by atoms with van der Waals surface area (Å²) < 4.78 is 38.6. The second-order valence-corrected chi connectivity index (χ2v) is 4.38. The van der Waals surface area contributed by atoms with Gasteiger partial charge in [0, 0.05) is 12.4 Å². The van der Waals surface area contributed by atoms with Gasteiger partial charge in [-0.25, -0.2) is 9.97 Å². The Kier molecular flexibility index (Phi) is 3.96. The maximum absolute atomic E-state index is 12.3. The smallest absolute Gasteiger partial charge is 0.347 e. The Balaban J connectivity index is 1.95. The van der Waals surface area contributed by atoms with Crippen molar-refractivity contribution in [2.24, 2.45) is 0 Å². The predicted octanol–water partition coefficient (Wildman–Crippen LogP) is 1.21. The molecule has 114 valence electrons. The summed E-state index contributed by atoms with van der Waals surface area (Å²) in [5.74, 6) is -1.02. The van der Waals surface area contributed by atoms with Crippen LogP contribution in [0.25, 0.3) is 0 Å². The van der Waals surface area contributed by atoms with Crippen molar-refractivity contribution < 1.29 is 18.0 Å². The molecule has 2 aromatic rings. The van der Waals surface area contributed by atoms with Gasteiger partial charge < -0.3 is 9.88 Å². The van der Waals surface area contributed by atoms with Crippen LogP contribution >= 0.6 is 0 Å². The number of H-pyrrole nitrogens is 1. The van der Waals surface area contributed by atoms with Crippen molar-refractivity contribution in [3.8, 4) is 0 Å². The number of carbonyl (C=O) groups excluding carboxylic acids is 1. The van der Waals surface area contributed by atoms with E-state index in [4.69, 9.17) is 0 Å². The quantitative estimate of drug-likeness (QED) is 0.888. The van der Waals surface area contributed by atoms with Gasteiger partial charge in [-0.2, -0.15) is 13.2 Å². The first-order valence-corrected chi connectivity index (χ1v) is 6.04. The first-order chi connectivity index (χ1) is 9.79. The number of hydrogen-bond donors (Lipinski definition) is 2. The molecule has 0 fully saturated rings. The molecule has 7 nitrogen and oxygen atoms in total. The minimum atomic E-state index is -4.61. The molecule has 0 radical (unpaired) electrons. The van der Waals surface area contributed by atoms with Crippen LogP contribution < -0.4 is 5.32 Å². The molecule has 2 heterocycles. The average Bonchev–Trinajstić information content (AvgIpc) is 3.03. The Morgan fingerprint density at radius 2 is 2.24 bits per heavy atom. The summed E-state index contributed by atoms with van der Waals surface area (Å²) in [6, 6.07) is -0.530. The summed E-state index contributed by atoms with van der Waals surface area (Å²) in [7, 11) is 0. The summed E-state index contributed by atoms with van der Waals surface area (Å²) in [4.78, 5) is 19.2. The zero-order valence-electron chi connectivity index (χ0n) is 11.3. The third-order valence-corrected chi connectivity index (χ3v) is 2.87. The number of imidazole rings is 1. The maximum atomic E-state index is 12.3. The molecule has 0 spiro atoms. The third kappa shape index (κ3) is 3.38. The van der Waals surface area contributed by atoms with E-state index < -0.39 is 18.0 Å². The highest BCUT2D eigenvalue weighted by molar-refractivity contribution is 5.79. The van der Waals surface area contributed by atoms with E-state index in [1.807, 2.05) is 0 Å². The summed E-state index contributed by atoms with van der Waals surface area (Å²) in [5.41, 5.74) is 0. The van der Waals surface area contributed by atoms with Gasteiger partial charge in [-0.1, -0.05) is 0 Å². The van der Waals surface area contributed by atoms with E-state index >= 15 is 0 Å². The zero-order valence-corrected chi connectivity index (χ0v) is 11.3. The standard InChI is InChI=1S/C11H13F3N6O/c1-6(20-4-3-15-7(20)2)9(21)16-5-8-17-10(19-18-8)11(12,13)14/h3-4,6H,5H2,1-2H3,(H,16,21)(H,17,18,19)/t6-/m1/s1. The van der Waals surface area contributed by atoms with Crippen LogP contribution in [0.1, 0.15) is 30.4 Å². The summed E-state index contributed by atoms with van der Waals surface area (Å²) >= 11 is 0. The molecule has 2 aromatic heterocycles. The molecule has 10 heteroatoms. The Morgan fingerprint density at radius 1 is 1.52 bits per heavy atom. The normalized spacial score (nSPS) is 13.2. The molecule has 0 saturated heterocycles. The van der Waals surface area contributed by atoms with E-state index in [9.17, 15) is 18.0 Å². The molecular formula is C11H13F3N6O. The third-order valence-electron chi connectivity index (χ3n) is 2.87. The van der Waals surface area contributed by atoms with E-state index in [1.165, 1.54) is 0 Å². The summed E-state index contributed by atoms with van der Waals surface area (Å²) in [6.07, 6.45) is -1.40. The first kappa shape index (κ1) is 15.0. The molecule has 0 aliphatic carbocycles. The van der Waals surface area contributed by atoms with Crippen molar-refractivity contribution in [2.45, 2.75) is 32.6 Å². The van der Waals surface area contributed by atoms with E-state index in [2.05, 4.69) is 25.5 Å². The van der Waals surface area contributed by atoms with Crippen LogP contribution in [0.3, 0.4) is 0 Å². The van der Waals surface area contributed by atoms with Crippen LogP contribution in [-0.4, -0.2) is 30.6 Å². The number of nitrogens with zero attached hydrogens (tertiary/aromatic N) is 4. The van der Waals surface area contributed by atoms with Gasteiger partial charge in [0.05, 0.1) is 6.54 Å². The molecule has 1 amide bonds. The van der Waals surface area contributed by atoms with Gasteiger partial charge in [0.1, 0.15) is 17.7 Å². The van der Waals surface area contributed by atoms with Crippen molar-refractivity contribution in [2.75, 3.05) is 0 Å². The monoisotopic (exact) mass is 302 g/mol. The van der Waals surface area contributed by atoms with E-state index in [0.717, 1.165) is 0 Å². The summed E-state index contributed by atoms with van der Waals surface area (Å²) in [5, 5.41) is 7.67. The second kappa shape index (κ2) is 5.54. The van der Waals surface area contributed by atoms with Crippen molar-refractivity contribution in [1.82, 2.24) is 30.0 Å². The Bertz CT molecular complexity index is 632. The van der Waals surface area contributed by atoms with Crippen LogP contribution in [0.4, 0.5) is 13.2 Å². The number of aromatic amines is 1. The highest BCUT2D eigenvalue weighted by atomic mass is 19.4. The Morgan fingerprint density at radius 3 is 2.76 bits per heavy atom. The predicted molar refractivity (Wildman–Crippen MR) is 64.9 cm³/mol. The molecule has 2 N–H and O–H groups in total. The van der Waals surface area contributed by atoms with Gasteiger partial charge in [0.25, 0.3) is 5.82 Å². The van der Waals surface area contributed by atoms with Crippen LogP contribution in [0.5, 0.6) is 0 Å². The number of hydrogen-bond acceptors (Lipinski definition) is 4. The molecule has 0 saturated carbocycles. The fraction of sp³-hybridized carbons (Fsp3) is 0.455. The SMILES string of the molecule is Cc1nccn1[C@H](C)C(=O)NCc1nc(C(F)(F)F)n[nH]1. The highest BCUT2D eigenvalue weighted by Crippen LogP contribution is 2.25. The minimum Gasteiger partial charge on any atom is -0.347 e. The number of aromatic nitrogens is 5. The van der Waals surface area contributed by atoms with Gasteiger partial charge in [-0.05, 0) is 13.8 Å². The lowest BCUT2D eigenvalue weighted by molar-refractivity contribution is -0.144. The molecule has 1 atom stereocenters. The van der Waals surface area contributed by atoms with Crippen LogP contribution in [0, 0.1) is 6.92 Å². The highest BCUT2D eigenvalue weighted by Gasteiger charge is 2.36. The number of rotatable bonds is 4. The Labute approximate surface area is 117 Å². The molecule has 0 unspecified atom stereocenters. The van der Waals surface area contributed by atoms with Crippen molar-refractivity contribution >= 4 is 5.91 Å². The van der Waals surface area contributed by atoms with Gasteiger partial charge >= 0.3 is 6.18 Å². The molecular weight excluding hydrogens is 289 g/mol. The van der Waals surface area contributed by atoms with E-state index in [-0.39, 0.29) is 18.3 Å². The number of alkyl halides is 3. The van der Waals surface area contributed by atoms with Crippen LogP contribution in [0.2, 0.25) is 0 Å². The molecule has 0 aromatic carbocycles. The number of amides is 1. The lowest BCUT2D eigenvalue weighted by atomic mass is 10.3. The maximum Gasteiger partial charge on any atom is 0.453 e. The summed E-state index contributed by atoms with van der Waals surface area (Å²) in [6.45, 7) is 3.24. The lowest BCUT2D eigenvalue weighted by Crippen LogP contribution is -2.31. The minimum absolute atomic E-state index is 0.0646. The van der Waals surface area contributed by atoms with Gasteiger partial charge in [0.15, 0.2) is 0 Å². The van der Waals surface area contributed by atoms with E-state index in [0.29, 0.717) is 5.82 Å². The largest absolute Gasteiger partial charge is 0.453 e. The van der Waals surface area contributed by atoms with Gasteiger partial charge in [-0.3, -0.25) is 9.89 Å². The molecule has 0 aliphatic rings. The van der Waals surface area contributed by atoms with Crippen LogP contribution in [0.15, 0.2) is 12.4 Å². The average molecular weight is 302 g/mol. The number of nitrogens with one attached hydrogen (secondary N) is 2. The number of carbonyl (C=O) groups is 1. The van der Waals surface area contributed by atoms with Crippen molar-refractivity contribution in [3.05, 3.63) is 29.9 Å². The fourth-order valence-electron chi connectivity index (χ4n) is 1.74. The van der Waals surface area contributed by atoms with Crippen molar-refractivity contribution in [1.29, 1.82) is 0 Å². The zero-order chi connectivity index (χ0) is 15.6. The number of aryl methyl sites for hydroxylation is 1. The number of halogens is 3. The molecule has 0 bridgehead atoms. The van der Waals surface area contributed by atoms with Gasteiger partial charge in [-0.15, -0.1) is 5.10 Å². The topological polar surface area (TPSA) is 88.5 Å². The van der Waals surface area contributed by atoms with Crippen LogP contribution in [-0.2, 0) is 17.5 Å². The molecule has 2 rings (SSSR count). The molecule has 0 aliphatic heterocycles. The lowest BCUT2D eigenvalue weighted by Gasteiger charge is -2.14. The first-order valence-electron chi connectivity index (χ1n) is 6.04. The fourth-order valence-corrected chi connectivity index (χ4v) is 1.74. The van der Waals surface area contributed by atoms with Gasteiger partial charge in [0.2, 0.25) is 5.91 Å². The van der Waals surface area contributed by atoms with Crippen molar-refractivity contribution in [3.63, 3.8) is 0 Å². The molecule has 21 heavy (non-hydrogen) atoms. The van der Waals surface area contributed by atoms with E-state index in [1.54, 1.807) is 30.8 Å². The second-order valence-electron chi connectivity index (χ2n) is 4.38.